The smallest absolute Gasteiger partial charge is 0.0881 e. The van der Waals surface area contributed by atoms with Crippen molar-refractivity contribution in [3.05, 3.63) is 24.4 Å². The summed E-state index contributed by atoms with van der Waals surface area (Å²) in [6, 6.07) is 6.23. The van der Waals surface area contributed by atoms with Crippen molar-refractivity contribution in [2.75, 3.05) is 11.9 Å². The molecule has 86 valence electrons. The van der Waals surface area contributed by atoms with Crippen LogP contribution in [-0.4, -0.2) is 16.7 Å². The predicted octanol–water partition coefficient (Wildman–Crippen LogP) is 3.41. The molecule has 0 amide bonds. The van der Waals surface area contributed by atoms with Gasteiger partial charge in [-0.25, -0.2) is 0 Å². The van der Waals surface area contributed by atoms with Crippen molar-refractivity contribution in [1.82, 2.24) is 10.2 Å². The number of hydrogen-bond acceptors (Lipinski definition) is 2. The molecule has 2 N–H and O–H groups in total. The predicted molar refractivity (Wildman–Crippen MR) is 68.7 cm³/mol. The molecule has 1 heterocycles. The molecule has 3 nitrogen and oxygen atoms in total. The second-order valence-corrected chi connectivity index (χ2v) is 4.20. The summed E-state index contributed by atoms with van der Waals surface area (Å²) >= 11 is 0. The molecule has 3 heteroatoms. The van der Waals surface area contributed by atoms with Crippen LogP contribution in [0.4, 0.5) is 5.69 Å². The Morgan fingerprint density at radius 2 is 2.12 bits per heavy atom. The van der Waals surface area contributed by atoms with Gasteiger partial charge in [0.25, 0.3) is 0 Å². The van der Waals surface area contributed by atoms with E-state index in [1.54, 1.807) is 0 Å². The van der Waals surface area contributed by atoms with Gasteiger partial charge in [-0.05, 0) is 12.0 Å². The lowest BCUT2D eigenvalue weighted by Gasteiger charge is -2.14. The Bertz CT molecular complexity index is 443. The zero-order chi connectivity index (χ0) is 11.4. The highest BCUT2D eigenvalue weighted by molar-refractivity contribution is 5.89. The second kappa shape index (κ2) is 5.01. The van der Waals surface area contributed by atoms with Gasteiger partial charge in [-0.2, -0.15) is 5.10 Å². The summed E-state index contributed by atoms with van der Waals surface area (Å²) in [5.74, 6) is 0.748. The van der Waals surface area contributed by atoms with Crippen LogP contribution in [0.5, 0.6) is 0 Å². The number of benzene rings is 1. The third-order valence-electron chi connectivity index (χ3n) is 3.21. The van der Waals surface area contributed by atoms with Gasteiger partial charge in [0.05, 0.1) is 17.4 Å². The van der Waals surface area contributed by atoms with Crippen molar-refractivity contribution >= 4 is 16.6 Å². The third-order valence-corrected chi connectivity index (χ3v) is 3.21. The monoisotopic (exact) mass is 217 g/mol. The molecule has 1 aromatic carbocycles. The number of rotatable bonds is 5. The van der Waals surface area contributed by atoms with Gasteiger partial charge >= 0.3 is 0 Å². The lowest BCUT2D eigenvalue weighted by atomic mass is 10.0. The molecule has 0 aliphatic carbocycles. The molecule has 0 aliphatic heterocycles. The second-order valence-electron chi connectivity index (χ2n) is 4.20. The zero-order valence-corrected chi connectivity index (χ0v) is 9.96. The van der Waals surface area contributed by atoms with Gasteiger partial charge in [0.1, 0.15) is 0 Å². The van der Waals surface area contributed by atoms with Crippen LogP contribution in [0.3, 0.4) is 0 Å². The van der Waals surface area contributed by atoms with Crippen LogP contribution in [0.15, 0.2) is 24.4 Å². The number of anilines is 1. The Kier molecular flexibility index (Phi) is 3.44. The average Bonchev–Trinajstić information content (AvgIpc) is 2.79. The fraction of sp³-hybridized carbons (Fsp3) is 0.462. The fourth-order valence-corrected chi connectivity index (χ4v) is 1.95. The van der Waals surface area contributed by atoms with Gasteiger partial charge in [-0.15, -0.1) is 0 Å². The van der Waals surface area contributed by atoms with Crippen LogP contribution < -0.4 is 5.32 Å². The summed E-state index contributed by atoms with van der Waals surface area (Å²) in [5, 5.41) is 11.8. The van der Waals surface area contributed by atoms with Crippen molar-refractivity contribution in [2.24, 2.45) is 5.92 Å². The zero-order valence-electron chi connectivity index (χ0n) is 9.96. The minimum atomic E-state index is 0.748. The van der Waals surface area contributed by atoms with Gasteiger partial charge in [0.2, 0.25) is 0 Å². The normalized spacial score (nSPS) is 11.2. The van der Waals surface area contributed by atoms with E-state index in [4.69, 9.17) is 0 Å². The highest BCUT2D eigenvalue weighted by Gasteiger charge is 2.05. The number of nitrogens with one attached hydrogen (secondary N) is 2. The Balaban J connectivity index is 2.11. The molecule has 0 aliphatic rings. The highest BCUT2D eigenvalue weighted by Crippen LogP contribution is 2.21. The average molecular weight is 217 g/mol. The Morgan fingerprint density at radius 3 is 2.88 bits per heavy atom. The number of fused-ring (bicyclic) bond motifs is 1. The molecule has 16 heavy (non-hydrogen) atoms. The number of nitrogens with zero attached hydrogens (tertiary/aromatic N) is 1. The number of hydrogen-bond donors (Lipinski definition) is 2. The van der Waals surface area contributed by atoms with Gasteiger partial charge in [0.15, 0.2) is 0 Å². The molecule has 0 saturated heterocycles. The summed E-state index contributed by atoms with van der Waals surface area (Å²) < 4.78 is 0. The number of aromatic nitrogens is 2. The van der Waals surface area contributed by atoms with E-state index < -0.39 is 0 Å². The highest BCUT2D eigenvalue weighted by atomic mass is 15.1. The molecule has 0 atom stereocenters. The minimum absolute atomic E-state index is 0.748. The molecule has 0 spiro atoms. The Morgan fingerprint density at radius 1 is 1.31 bits per heavy atom. The van der Waals surface area contributed by atoms with Crippen molar-refractivity contribution in [3.8, 4) is 0 Å². The standard InChI is InChI=1S/C13H19N3/c1-3-10(4-2)8-14-12-7-5-6-11-9-15-16-13(11)12/h5-7,9-10,14H,3-4,8H2,1-2H3,(H,15,16). The van der Waals surface area contributed by atoms with E-state index in [1.165, 1.54) is 12.8 Å². The van der Waals surface area contributed by atoms with Crippen LogP contribution in [0.25, 0.3) is 10.9 Å². The first-order chi connectivity index (χ1) is 7.85. The van der Waals surface area contributed by atoms with E-state index in [2.05, 4.69) is 47.6 Å². The van der Waals surface area contributed by atoms with Crippen LogP contribution >= 0.6 is 0 Å². The van der Waals surface area contributed by atoms with Gasteiger partial charge in [0, 0.05) is 11.9 Å². The van der Waals surface area contributed by atoms with Crippen LogP contribution in [-0.2, 0) is 0 Å². The molecular formula is C13H19N3. The number of para-hydroxylation sites is 1. The van der Waals surface area contributed by atoms with Crippen LogP contribution in [0, 0.1) is 5.92 Å². The maximum Gasteiger partial charge on any atom is 0.0881 e. The molecule has 2 aromatic rings. The van der Waals surface area contributed by atoms with Gasteiger partial charge in [-0.3, -0.25) is 5.10 Å². The Labute approximate surface area is 96.2 Å². The first-order valence-electron chi connectivity index (χ1n) is 6.01. The van der Waals surface area contributed by atoms with Crippen LogP contribution in [0.2, 0.25) is 0 Å². The van der Waals surface area contributed by atoms with E-state index in [-0.39, 0.29) is 0 Å². The number of aromatic amines is 1. The minimum Gasteiger partial charge on any atom is -0.383 e. The van der Waals surface area contributed by atoms with Gasteiger partial charge in [-0.1, -0.05) is 38.8 Å². The van der Waals surface area contributed by atoms with Crippen molar-refractivity contribution < 1.29 is 0 Å². The van der Waals surface area contributed by atoms with E-state index in [9.17, 15) is 0 Å². The largest absolute Gasteiger partial charge is 0.383 e. The Hall–Kier alpha value is -1.51. The number of H-pyrrole nitrogens is 1. The van der Waals surface area contributed by atoms with Gasteiger partial charge < -0.3 is 5.32 Å². The van der Waals surface area contributed by atoms with Crippen molar-refractivity contribution in [2.45, 2.75) is 26.7 Å². The SMILES string of the molecule is CCC(CC)CNc1cccc2cn[nH]c12. The maximum absolute atomic E-state index is 4.06. The lowest BCUT2D eigenvalue weighted by Crippen LogP contribution is -2.12. The summed E-state index contributed by atoms with van der Waals surface area (Å²) in [4.78, 5) is 0. The summed E-state index contributed by atoms with van der Waals surface area (Å²) in [7, 11) is 0. The van der Waals surface area contributed by atoms with Crippen molar-refractivity contribution in [3.63, 3.8) is 0 Å². The summed E-state index contributed by atoms with van der Waals surface area (Å²) in [5.41, 5.74) is 2.26. The van der Waals surface area contributed by atoms with E-state index in [0.717, 1.165) is 29.1 Å². The molecular weight excluding hydrogens is 198 g/mol. The first-order valence-corrected chi connectivity index (χ1v) is 6.01. The van der Waals surface area contributed by atoms with E-state index in [1.807, 2.05) is 6.20 Å². The molecule has 2 rings (SSSR count). The molecule has 0 bridgehead atoms. The molecule has 0 radical (unpaired) electrons. The molecule has 1 aromatic heterocycles. The lowest BCUT2D eigenvalue weighted by molar-refractivity contribution is 0.519. The quantitative estimate of drug-likeness (QED) is 0.805. The first kappa shape index (κ1) is 11.0. The van der Waals surface area contributed by atoms with Crippen LogP contribution in [0.1, 0.15) is 26.7 Å². The summed E-state index contributed by atoms with van der Waals surface area (Å²) in [6.07, 6.45) is 4.31. The van der Waals surface area contributed by atoms with E-state index >= 15 is 0 Å². The topological polar surface area (TPSA) is 40.7 Å². The molecule has 0 saturated carbocycles. The van der Waals surface area contributed by atoms with Crippen molar-refractivity contribution in [1.29, 1.82) is 0 Å². The third kappa shape index (κ3) is 2.18. The summed E-state index contributed by atoms with van der Waals surface area (Å²) in [6.45, 7) is 5.52. The fourth-order valence-electron chi connectivity index (χ4n) is 1.95. The molecule has 0 fully saturated rings. The van der Waals surface area contributed by atoms with E-state index in [0.29, 0.717) is 0 Å². The molecule has 0 unspecified atom stereocenters. The maximum atomic E-state index is 4.06.